The van der Waals surface area contributed by atoms with Crippen molar-refractivity contribution in [3.8, 4) is 0 Å². The Morgan fingerprint density at radius 1 is 1.09 bits per heavy atom. The summed E-state index contributed by atoms with van der Waals surface area (Å²) in [5.74, 6) is 0.482. The zero-order valence-corrected chi connectivity index (χ0v) is 19.3. The Bertz CT molecular complexity index is 1000. The molecule has 1 heterocycles. The Morgan fingerprint density at radius 3 is 2.70 bits per heavy atom. The van der Waals surface area contributed by atoms with Gasteiger partial charge < -0.3 is 14.8 Å². The van der Waals surface area contributed by atoms with E-state index >= 15 is 0 Å². The molecule has 7 nitrogen and oxygen atoms in total. The molecule has 33 heavy (non-hydrogen) atoms. The molecular weight excluding hydrogens is 418 g/mol. The fraction of sp³-hybridized carbons (Fsp3) is 0.577. The number of ether oxygens (including phenoxy) is 2. The van der Waals surface area contributed by atoms with Gasteiger partial charge in [-0.15, -0.1) is 0 Å². The van der Waals surface area contributed by atoms with Crippen molar-refractivity contribution in [1.29, 1.82) is 0 Å². The second kappa shape index (κ2) is 9.57. The van der Waals surface area contributed by atoms with Crippen LogP contribution in [0.25, 0.3) is 0 Å². The van der Waals surface area contributed by atoms with E-state index in [9.17, 15) is 9.59 Å². The summed E-state index contributed by atoms with van der Waals surface area (Å²) in [5, 5.41) is 8.04. The van der Waals surface area contributed by atoms with E-state index in [0.717, 1.165) is 50.5 Å². The van der Waals surface area contributed by atoms with Gasteiger partial charge in [-0.3, -0.25) is 9.48 Å². The molecule has 0 spiro atoms. The van der Waals surface area contributed by atoms with Crippen molar-refractivity contribution in [2.75, 3.05) is 6.61 Å². The molecule has 2 aromatic rings. The van der Waals surface area contributed by atoms with Gasteiger partial charge in [0.15, 0.2) is 5.69 Å². The fourth-order valence-corrected chi connectivity index (χ4v) is 6.01. The van der Waals surface area contributed by atoms with Crippen molar-refractivity contribution >= 4 is 12.1 Å². The third-order valence-corrected chi connectivity index (χ3v) is 7.53. The highest BCUT2D eigenvalue weighted by molar-refractivity contribution is 5.94. The summed E-state index contributed by atoms with van der Waals surface area (Å²) in [4.78, 5) is 25.5. The van der Waals surface area contributed by atoms with Crippen molar-refractivity contribution in [3.05, 3.63) is 52.8 Å². The maximum atomic E-state index is 13.5. The number of nitrogens with zero attached hydrogens (tertiary/aromatic N) is 2. The lowest BCUT2D eigenvalue weighted by molar-refractivity contribution is -0.00578. The van der Waals surface area contributed by atoms with E-state index in [-0.39, 0.29) is 30.6 Å². The third-order valence-electron chi connectivity index (χ3n) is 7.53. The van der Waals surface area contributed by atoms with Gasteiger partial charge in [0.1, 0.15) is 6.10 Å². The lowest BCUT2D eigenvalue weighted by Crippen LogP contribution is -2.49. The number of hydrogen-bond acceptors (Lipinski definition) is 5. The van der Waals surface area contributed by atoms with Crippen LogP contribution in [0, 0.1) is 11.8 Å². The number of carbonyl (C=O) groups excluding carboxylic acids is 2. The SMILES string of the molecule is CCOC(=O)O[C@@H]1C2CCC(C2)[C@@H]1NC(=O)c1nn(Cc2ccccc2)c2c1CCCCC2. The molecule has 176 valence electrons. The van der Waals surface area contributed by atoms with Crippen LogP contribution in [0.1, 0.15) is 72.8 Å². The Kier molecular flexibility index (Phi) is 6.38. The van der Waals surface area contributed by atoms with Crippen LogP contribution in [-0.4, -0.2) is 40.6 Å². The summed E-state index contributed by atoms with van der Waals surface area (Å²) < 4.78 is 12.7. The predicted molar refractivity (Wildman–Crippen MR) is 123 cm³/mol. The number of aromatic nitrogens is 2. The number of carbonyl (C=O) groups is 2. The average Bonchev–Trinajstić information content (AvgIpc) is 3.44. The van der Waals surface area contributed by atoms with Gasteiger partial charge in [-0.1, -0.05) is 36.8 Å². The smallest absolute Gasteiger partial charge is 0.435 e. The molecule has 2 bridgehead atoms. The second-order valence-corrected chi connectivity index (χ2v) is 9.58. The van der Waals surface area contributed by atoms with Crippen LogP contribution < -0.4 is 5.32 Å². The normalized spacial score (nSPS) is 25.8. The number of fused-ring (bicyclic) bond motifs is 3. The summed E-state index contributed by atoms with van der Waals surface area (Å²) in [6.07, 6.45) is 7.30. The van der Waals surface area contributed by atoms with Crippen molar-refractivity contribution < 1.29 is 19.1 Å². The molecule has 2 unspecified atom stereocenters. The molecular formula is C26H33N3O4. The first-order valence-corrected chi connectivity index (χ1v) is 12.4. The summed E-state index contributed by atoms with van der Waals surface area (Å²) in [6.45, 7) is 2.71. The first kappa shape index (κ1) is 22.0. The van der Waals surface area contributed by atoms with Crippen LogP contribution in [-0.2, 0) is 28.9 Å². The first-order chi connectivity index (χ1) is 16.1. The molecule has 1 aromatic heterocycles. The van der Waals surface area contributed by atoms with Gasteiger partial charge in [0.05, 0.1) is 19.2 Å². The van der Waals surface area contributed by atoms with Crippen LogP contribution in [0.2, 0.25) is 0 Å². The van der Waals surface area contributed by atoms with Crippen molar-refractivity contribution in [2.24, 2.45) is 11.8 Å². The van der Waals surface area contributed by atoms with E-state index in [0.29, 0.717) is 18.2 Å². The van der Waals surface area contributed by atoms with Crippen LogP contribution in [0.4, 0.5) is 4.79 Å². The first-order valence-electron chi connectivity index (χ1n) is 12.4. The molecule has 7 heteroatoms. The van der Waals surface area contributed by atoms with Gasteiger partial charge in [0, 0.05) is 11.3 Å². The van der Waals surface area contributed by atoms with Crippen LogP contribution in [0.15, 0.2) is 30.3 Å². The highest BCUT2D eigenvalue weighted by Crippen LogP contribution is 2.46. The molecule has 3 aliphatic rings. The minimum atomic E-state index is -0.643. The third kappa shape index (κ3) is 4.50. The second-order valence-electron chi connectivity index (χ2n) is 9.58. The highest BCUT2D eigenvalue weighted by atomic mass is 16.7. The predicted octanol–water partition coefficient (Wildman–Crippen LogP) is 4.27. The summed E-state index contributed by atoms with van der Waals surface area (Å²) in [6, 6.07) is 10.1. The molecule has 1 amide bonds. The molecule has 1 N–H and O–H groups in total. The lowest BCUT2D eigenvalue weighted by Gasteiger charge is -2.30. The summed E-state index contributed by atoms with van der Waals surface area (Å²) in [7, 11) is 0. The number of rotatable bonds is 6. The molecule has 0 aliphatic heterocycles. The number of hydrogen-bond donors (Lipinski definition) is 1. The maximum Gasteiger partial charge on any atom is 0.508 e. The summed E-state index contributed by atoms with van der Waals surface area (Å²) >= 11 is 0. The molecule has 0 radical (unpaired) electrons. The highest BCUT2D eigenvalue weighted by Gasteiger charge is 2.51. The van der Waals surface area contributed by atoms with E-state index < -0.39 is 6.16 Å². The molecule has 2 saturated carbocycles. The maximum absolute atomic E-state index is 13.5. The molecule has 1 aromatic carbocycles. The average molecular weight is 452 g/mol. The van der Waals surface area contributed by atoms with Gasteiger partial charge >= 0.3 is 6.16 Å². The van der Waals surface area contributed by atoms with Gasteiger partial charge in [-0.05, 0) is 69.3 Å². The molecule has 4 atom stereocenters. The Morgan fingerprint density at radius 2 is 1.88 bits per heavy atom. The minimum Gasteiger partial charge on any atom is -0.435 e. The number of nitrogens with one attached hydrogen (secondary N) is 1. The van der Waals surface area contributed by atoms with E-state index in [1.54, 1.807) is 6.92 Å². The molecule has 2 fully saturated rings. The van der Waals surface area contributed by atoms with Crippen molar-refractivity contribution in [2.45, 2.75) is 77.0 Å². The van der Waals surface area contributed by atoms with Gasteiger partial charge in [0.25, 0.3) is 5.91 Å². The van der Waals surface area contributed by atoms with E-state index in [1.807, 2.05) is 22.9 Å². The van der Waals surface area contributed by atoms with E-state index in [4.69, 9.17) is 14.6 Å². The quantitative estimate of drug-likeness (QED) is 0.524. The lowest BCUT2D eigenvalue weighted by atomic mass is 9.92. The van der Waals surface area contributed by atoms with E-state index in [1.165, 1.54) is 17.7 Å². The zero-order valence-electron chi connectivity index (χ0n) is 19.3. The largest absolute Gasteiger partial charge is 0.508 e. The van der Waals surface area contributed by atoms with Gasteiger partial charge in [-0.25, -0.2) is 4.79 Å². The minimum absolute atomic E-state index is 0.144. The Balaban J connectivity index is 1.38. The zero-order chi connectivity index (χ0) is 22.8. The number of benzene rings is 1. The Labute approximate surface area is 194 Å². The van der Waals surface area contributed by atoms with Crippen molar-refractivity contribution in [1.82, 2.24) is 15.1 Å². The van der Waals surface area contributed by atoms with Gasteiger partial charge in [-0.2, -0.15) is 5.10 Å². The fourth-order valence-electron chi connectivity index (χ4n) is 6.01. The van der Waals surface area contributed by atoms with Crippen LogP contribution in [0.3, 0.4) is 0 Å². The van der Waals surface area contributed by atoms with Crippen LogP contribution >= 0.6 is 0 Å². The monoisotopic (exact) mass is 451 g/mol. The standard InChI is InChI=1S/C26H33N3O4/c1-2-32-26(31)33-24-19-14-13-18(15-19)22(24)27-25(30)23-20-11-7-4-8-12-21(20)29(28-23)16-17-9-5-3-6-10-17/h3,5-6,9-10,18-19,22,24H,2,4,7-8,11-16H2,1H3,(H,27,30)/t18?,19?,22-,24+/m0/s1. The summed E-state index contributed by atoms with van der Waals surface area (Å²) in [5.41, 5.74) is 4.00. The van der Waals surface area contributed by atoms with E-state index in [2.05, 4.69) is 17.4 Å². The molecule has 5 rings (SSSR count). The van der Waals surface area contributed by atoms with Gasteiger partial charge in [0.2, 0.25) is 0 Å². The number of amides is 1. The molecule has 3 aliphatic carbocycles. The van der Waals surface area contributed by atoms with Crippen molar-refractivity contribution in [3.63, 3.8) is 0 Å². The molecule has 0 saturated heterocycles. The topological polar surface area (TPSA) is 82.4 Å². The van der Waals surface area contributed by atoms with Crippen LogP contribution in [0.5, 0.6) is 0 Å². The Hall–Kier alpha value is -2.83.